The van der Waals surface area contributed by atoms with Gasteiger partial charge in [-0.3, -0.25) is 0 Å². The van der Waals surface area contributed by atoms with Gasteiger partial charge in [-0.05, 0) is 23.8 Å². The van der Waals surface area contributed by atoms with Crippen LogP contribution in [0.4, 0.5) is 5.82 Å². The van der Waals surface area contributed by atoms with Crippen LogP contribution in [0.3, 0.4) is 0 Å². The van der Waals surface area contributed by atoms with E-state index in [0.717, 1.165) is 34.8 Å². The molecular formula is C16H16N8. The normalized spacial score (nSPS) is 11.1. The SMILES string of the molecule is Cc1cc(N(C)Cc2cccc(-c3nn[nH]n3)c2)n2nccc2n1. The smallest absolute Gasteiger partial charge is 0.204 e. The molecule has 24 heavy (non-hydrogen) atoms. The fraction of sp³-hybridized carbons (Fsp3) is 0.188. The number of rotatable bonds is 4. The first-order chi connectivity index (χ1) is 11.7. The van der Waals surface area contributed by atoms with Crippen molar-refractivity contribution in [1.82, 2.24) is 35.2 Å². The van der Waals surface area contributed by atoms with E-state index in [2.05, 4.69) is 47.7 Å². The number of nitrogens with one attached hydrogen (secondary N) is 1. The summed E-state index contributed by atoms with van der Waals surface area (Å²) in [5.74, 6) is 1.58. The highest BCUT2D eigenvalue weighted by atomic mass is 15.5. The van der Waals surface area contributed by atoms with E-state index in [1.807, 2.05) is 42.8 Å². The number of fused-ring (bicyclic) bond motifs is 1. The van der Waals surface area contributed by atoms with Crippen LogP contribution in [0, 0.1) is 6.92 Å². The zero-order valence-corrected chi connectivity index (χ0v) is 13.4. The maximum Gasteiger partial charge on any atom is 0.204 e. The van der Waals surface area contributed by atoms with Crippen LogP contribution in [0.1, 0.15) is 11.3 Å². The molecule has 0 aliphatic rings. The molecule has 0 atom stereocenters. The third-order valence-corrected chi connectivity index (χ3v) is 3.81. The molecule has 120 valence electrons. The highest BCUT2D eigenvalue weighted by Crippen LogP contribution is 2.20. The lowest BCUT2D eigenvalue weighted by Gasteiger charge is -2.20. The third kappa shape index (κ3) is 2.58. The van der Waals surface area contributed by atoms with Crippen LogP contribution in [0.25, 0.3) is 17.0 Å². The van der Waals surface area contributed by atoms with Crippen molar-refractivity contribution in [3.05, 3.63) is 53.9 Å². The predicted octanol–water partition coefficient (Wildman–Crippen LogP) is 1.85. The van der Waals surface area contributed by atoms with Gasteiger partial charge in [0.25, 0.3) is 0 Å². The quantitative estimate of drug-likeness (QED) is 0.617. The highest BCUT2D eigenvalue weighted by molar-refractivity contribution is 5.56. The van der Waals surface area contributed by atoms with Crippen LogP contribution >= 0.6 is 0 Å². The van der Waals surface area contributed by atoms with E-state index in [0.29, 0.717) is 5.82 Å². The largest absolute Gasteiger partial charge is 0.355 e. The van der Waals surface area contributed by atoms with Crippen LogP contribution in [0.5, 0.6) is 0 Å². The number of aromatic amines is 1. The van der Waals surface area contributed by atoms with Gasteiger partial charge < -0.3 is 4.90 Å². The zero-order chi connectivity index (χ0) is 16.5. The van der Waals surface area contributed by atoms with Gasteiger partial charge in [0.05, 0.1) is 6.20 Å². The summed E-state index contributed by atoms with van der Waals surface area (Å²) < 4.78 is 1.84. The van der Waals surface area contributed by atoms with E-state index < -0.39 is 0 Å². The van der Waals surface area contributed by atoms with E-state index >= 15 is 0 Å². The first-order valence-corrected chi connectivity index (χ1v) is 7.56. The summed E-state index contributed by atoms with van der Waals surface area (Å²) in [7, 11) is 2.04. The summed E-state index contributed by atoms with van der Waals surface area (Å²) in [4.78, 5) is 6.62. The predicted molar refractivity (Wildman–Crippen MR) is 89.4 cm³/mol. The van der Waals surface area contributed by atoms with Crippen LogP contribution in [0.2, 0.25) is 0 Å². The molecule has 0 aliphatic heterocycles. The molecule has 4 aromatic rings. The van der Waals surface area contributed by atoms with Crippen molar-refractivity contribution >= 4 is 11.5 Å². The van der Waals surface area contributed by atoms with Crippen molar-refractivity contribution in [3.63, 3.8) is 0 Å². The topological polar surface area (TPSA) is 87.9 Å². The first kappa shape index (κ1) is 14.3. The lowest BCUT2D eigenvalue weighted by atomic mass is 10.1. The van der Waals surface area contributed by atoms with E-state index in [1.54, 1.807) is 6.20 Å². The van der Waals surface area contributed by atoms with Crippen molar-refractivity contribution in [2.24, 2.45) is 0 Å². The lowest BCUT2D eigenvalue weighted by molar-refractivity contribution is 0.828. The van der Waals surface area contributed by atoms with Crippen LogP contribution in [-0.2, 0) is 6.54 Å². The molecule has 0 saturated carbocycles. The number of aryl methyl sites for hydroxylation is 1. The van der Waals surface area contributed by atoms with Crippen molar-refractivity contribution in [2.45, 2.75) is 13.5 Å². The van der Waals surface area contributed by atoms with Gasteiger partial charge in [-0.15, -0.1) is 10.2 Å². The molecule has 4 rings (SSSR count). The Labute approximate surface area is 138 Å². The summed E-state index contributed by atoms with van der Waals surface area (Å²) in [6, 6.07) is 12.0. The minimum Gasteiger partial charge on any atom is -0.355 e. The standard InChI is InChI=1S/C16H16N8/c1-11-8-15(24-14(18-11)6-7-17-24)23(2)10-12-4-3-5-13(9-12)16-19-21-22-20-16/h3-9H,10H2,1-2H3,(H,19,20,21,22). The number of aromatic nitrogens is 7. The number of benzene rings is 1. The number of anilines is 1. The van der Waals surface area contributed by atoms with Gasteiger partial charge in [-0.25, -0.2) is 4.98 Å². The van der Waals surface area contributed by atoms with Crippen LogP contribution in [-0.4, -0.2) is 42.3 Å². The Morgan fingerprint density at radius 2 is 2.12 bits per heavy atom. The van der Waals surface area contributed by atoms with Crippen molar-refractivity contribution < 1.29 is 0 Å². The van der Waals surface area contributed by atoms with Crippen LogP contribution < -0.4 is 4.90 Å². The molecule has 0 fully saturated rings. The number of nitrogens with zero attached hydrogens (tertiary/aromatic N) is 7. The molecule has 8 nitrogen and oxygen atoms in total. The van der Waals surface area contributed by atoms with E-state index in [1.165, 1.54) is 0 Å². The average Bonchev–Trinajstić information content (AvgIpc) is 3.25. The Bertz CT molecular complexity index is 973. The molecule has 0 spiro atoms. The Morgan fingerprint density at radius 3 is 2.96 bits per heavy atom. The van der Waals surface area contributed by atoms with Crippen LogP contribution in [0.15, 0.2) is 42.6 Å². The van der Waals surface area contributed by atoms with Gasteiger partial charge in [-0.2, -0.15) is 14.8 Å². The summed E-state index contributed by atoms with van der Waals surface area (Å²) >= 11 is 0. The molecule has 0 radical (unpaired) electrons. The zero-order valence-electron chi connectivity index (χ0n) is 13.4. The number of hydrogen-bond donors (Lipinski definition) is 1. The molecular weight excluding hydrogens is 304 g/mol. The van der Waals surface area contributed by atoms with Gasteiger partial charge in [-0.1, -0.05) is 18.2 Å². The van der Waals surface area contributed by atoms with Gasteiger partial charge >= 0.3 is 0 Å². The fourth-order valence-corrected chi connectivity index (χ4v) is 2.74. The minimum absolute atomic E-state index is 0.591. The molecule has 1 aromatic carbocycles. The first-order valence-electron chi connectivity index (χ1n) is 7.56. The van der Waals surface area contributed by atoms with Crippen molar-refractivity contribution in [3.8, 4) is 11.4 Å². The van der Waals surface area contributed by atoms with Crippen molar-refractivity contribution in [1.29, 1.82) is 0 Å². The maximum absolute atomic E-state index is 4.48. The lowest BCUT2D eigenvalue weighted by Crippen LogP contribution is -2.20. The highest BCUT2D eigenvalue weighted by Gasteiger charge is 2.11. The summed E-state index contributed by atoms with van der Waals surface area (Å²) in [5.41, 5.74) is 3.89. The van der Waals surface area contributed by atoms with E-state index in [-0.39, 0.29) is 0 Å². The molecule has 8 heteroatoms. The van der Waals surface area contributed by atoms with Gasteiger partial charge in [0.15, 0.2) is 5.65 Å². The molecule has 0 saturated heterocycles. The number of H-pyrrole nitrogens is 1. The Balaban J connectivity index is 1.65. The van der Waals surface area contributed by atoms with Crippen molar-refractivity contribution in [2.75, 3.05) is 11.9 Å². The Morgan fingerprint density at radius 1 is 1.21 bits per heavy atom. The summed E-state index contributed by atoms with van der Waals surface area (Å²) in [6.45, 7) is 2.71. The van der Waals surface area contributed by atoms with E-state index in [4.69, 9.17) is 0 Å². The number of hydrogen-bond acceptors (Lipinski definition) is 6. The Kier molecular flexibility index (Phi) is 3.42. The summed E-state index contributed by atoms with van der Waals surface area (Å²) in [6.07, 6.45) is 1.76. The maximum atomic E-state index is 4.48. The molecule has 3 heterocycles. The second-order valence-corrected chi connectivity index (χ2v) is 5.65. The molecule has 0 bridgehead atoms. The van der Waals surface area contributed by atoms with Gasteiger partial charge in [0.2, 0.25) is 5.82 Å². The third-order valence-electron chi connectivity index (χ3n) is 3.81. The molecule has 0 unspecified atom stereocenters. The Hall–Kier alpha value is -3.29. The molecule has 0 aliphatic carbocycles. The average molecular weight is 320 g/mol. The second kappa shape index (κ2) is 5.73. The second-order valence-electron chi connectivity index (χ2n) is 5.65. The van der Waals surface area contributed by atoms with Gasteiger partial charge in [0.1, 0.15) is 5.82 Å². The molecule has 0 amide bonds. The monoisotopic (exact) mass is 320 g/mol. The van der Waals surface area contributed by atoms with Gasteiger partial charge in [0, 0.05) is 37.0 Å². The van der Waals surface area contributed by atoms with E-state index in [9.17, 15) is 0 Å². The minimum atomic E-state index is 0.591. The fourth-order valence-electron chi connectivity index (χ4n) is 2.74. The summed E-state index contributed by atoms with van der Waals surface area (Å²) in [5, 5.41) is 18.5. The molecule has 3 aromatic heterocycles. The molecule has 1 N–H and O–H groups in total. The number of tetrazole rings is 1.